The second kappa shape index (κ2) is 3.77. The molecule has 1 aliphatic carbocycles. The summed E-state index contributed by atoms with van der Waals surface area (Å²) in [7, 11) is 0. The highest BCUT2D eigenvalue weighted by Gasteiger charge is 2.46. The van der Waals surface area contributed by atoms with Crippen molar-refractivity contribution >= 4 is 0 Å². The van der Waals surface area contributed by atoms with Crippen molar-refractivity contribution in [1.82, 2.24) is 0 Å². The molecule has 0 amide bonds. The van der Waals surface area contributed by atoms with Gasteiger partial charge in [0.05, 0.1) is 24.0 Å². The lowest BCUT2D eigenvalue weighted by Gasteiger charge is -2.36. The van der Waals surface area contributed by atoms with E-state index in [1.165, 1.54) is 0 Å². The molecule has 1 fully saturated rings. The molecule has 0 aromatic rings. The van der Waals surface area contributed by atoms with Gasteiger partial charge in [-0.2, -0.15) is 18.4 Å². The van der Waals surface area contributed by atoms with Crippen LogP contribution in [0, 0.1) is 17.2 Å². The number of nitrogens with zero attached hydrogens (tertiary/aromatic N) is 1. The standard InChI is InChI=1S/C9H12F3NO/c10-9(11,12)7-2-1-3-8(14,6-7)4-5-13/h7,14H,1-4,6H2. The van der Waals surface area contributed by atoms with Crippen molar-refractivity contribution in [2.24, 2.45) is 5.92 Å². The number of rotatable bonds is 1. The fourth-order valence-electron chi connectivity index (χ4n) is 1.93. The van der Waals surface area contributed by atoms with E-state index >= 15 is 0 Å². The van der Waals surface area contributed by atoms with Crippen LogP contribution < -0.4 is 0 Å². The van der Waals surface area contributed by atoms with Gasteiger partial charge in [-0.3, -0.25) is 0 Å². The highest BCUT2D eigenvalue weighted by atomic mass is 19.4. The molecule has 0 radical (unpaired) electrons. The first-order valence-corrected chi connectivity index (χ1v) is 4.53. The van der Waals surface area contributed by atoms with Gasteiger partial charge in [0.2, 0.25) is 0 Å². The average molecular weight is 207 g/mol. The van der Waals surface area contributed by atoms with Gasteiger partial charge in [-0.05, 0) is 25.7 Å². The van der Waals surface area contributed by atoms with E-state index in [0.717, 1.165) is 0 Å². The van der Waals surface area contributed by atoms with Gasteiger partial charge < -0.3 is 5.11 Å². The fraction of sp³-hybridized carbons (Fsp3) is 0.889. The summed E-state index contributed by atoms with van der Waals surface area (Å²) in [5.41, 5.74) is -1.42. The summed E-state index contributed by atoms with van der Waals surface area (Å²) in [5, 5.41) is 18.1. The van der Waals surface area contributed by atoms with E-state index in [-0.39, 0.29) is 19.3 Å². The van der Waals surface area contributed by atoms with Gasteiger partial charge in [0, 0.05) is 0 Å². The summed E-state index contributed by atoms with van der Waals surface area (Å²) in [4.78, 5) is 0. The van der Waals surface area contributed by atoms with Gasteiger partial charge in [0.15, 0.2) is 0 Å². The number of aliphatic hydroxyl groups is 1. The third-order valence-corrected chi connectivity index (χ3v) is 2.69. The van der Waals surface area contributed by atoms with Crippen LogP contribution in [0.1, 0.15) is 32.1 Å². The topological polar surface area (TPSA) is 44.0 Å². The SMILES string of the molecule is N#CCC1(O)CCCC(C(F)(F)F)C1. The van der Waals surface area contributed by atoms with Crippen molar-refractivity contribution in [3.63, 3.8) is 0 Å². The third-order valence-electron chi connectivity index (χ3n) is 2.69. The number of nitriles is 1. The summed E-state index contributed by atoms with van der Waals surface area (Å²) < 4.78 is 37.0. The van der Waals surface area contributed by atoms with Crippen LogP contribution >= 0.6 is 0 Å². The zero-order valence-electron chi connectivity index (χ0n) is 7.64. The molecule has 0 aromatic heterocycles. The lowest BCUT2D eigenvalue weighted by Crippen LogP contribution is -2.40. The number of halogens is 3. The molecule has 0 aliphatic heterocycles. The van der Waals surface area contributed by atoms with Crippen LogP contribution in [0.25, 0.3) is 0 Å². The number of alkyl halides is 3. The first-order valence-electron chi connectivity index (χ1n) is 4.53. The van der Waals surface area contributed by atoms with Gasteiger partial charge in [-0.15, -0.1) is 0 Å². The summed E-state index contributed by atoms with van der Waals surface area (Å²) in [6, 6.07) is 1.73. The Morgan fingerprint density at radius 3 is 2.64 bits per heavy atom. The Kier molecular flexibility index (Phi) is 3.05. The van der Waals surface area contributed by atoms with Gasteiger partial charge in [-0.1, -0.05) is 0 Å². The molecule has 0 aromatic carbocycles. The molecule has 0 spiro atoms. The minimum Gasteiger partial charge on any atom is -0.389 e. The number of hydrogen-bond donors (Lipinski definition) is 1. The Bertz CT molecular complexity index is 245. The van der Waals surface area contributed by atoms with Crippen molar-refractivity contribution < 1.29 is 18.3 Å². The van der Waals surface area contributed by atoms with Gasteiger partial charge in [0.25, 0.3) is 0 Å². The van der Waals surface area contributed by atoms with E-state index in [2.05, 4.69) is 0 Å². The van der Waals surface area contributed by atoms with Crippen LogP contribution in [0.3, 0.4) is 0 Å². The molecule has 2 nitrogen and oxygen atoms in total. The van der Waals surface area contributed by atoms with Crippen LogP contribution in [0.15, 0.2) is 0 Å². The van der Waals surface area contributed by atoms with E-state index in [1.807, 2.05) is 0 Å². The summed E-state index contributed by atoms with van der Waals surface area (Å²) in [6.07, 6.45) is -4.08. The number of hydrogen-bond acceptors (Lipinski definition) is 2. The molecule has 0 heterocycles. The maximum absolute atomic E-state index is 12.3. The van der Waals surface area contributed by atoms with Gasteiger partial charge >= 0.3 is 6.18 Å². The van der Waals surface area contributed by atoms with Crippen molar-refractivity contribution in [2.45, 2.75) is 43.9 Å². The molecule has 1 N–H and O–H groups in total. The van der Waals surface area contributed by atoms with Gasteiger partial charge in [-0.25, -0.2) is 0 Å². The first-order chi connectivity index (χ1) is 6.37. The quantitative estimate of drug-likeness (QED) is 0.717. The van der Waals surface area contributed by atoms with Crippen LogP contribution in [0.4, 0.5) is 13.2 Å². The summed E-state index contributed by atoms with van der Waals surface area (Å²) >= 11 is 0. The summed E-state index contributed by atoms with van der Waals surface area (Å²) in [6.45, 7) is 0. The Balaban J connectivity index is 2.65. The smallest absolute Gasteiger partial charge is 0.389 e. The van der Waals surface area contributed by atoms with Crippen LogP contribution in [-0.2, 0) is 0 Å². The Morgan fingerprint density at radius 2 is 2.14 bits per heavy atom. The minimum absolute atomic E-state index is 0.0667. The molecule has 2 unspecified atom stereocenters. The molecule has 1 aliphatic rings. The molecule has 0 saturated heterocycles. The van der Waals surface area contributed by atoms with Crippen molar-refractivity contribution in [1.29, 1.82) is 5.26 Å². The van der Waals surface area contributed by atoms with Crippen molar-refractivity contribution in [3.05, 3.63) is 0 Å². The van der Waals surface area contributed by atoms with Crippen molar-refractivity contribution in [2.75, 3.05) is 0 Å². The largest absolute Gasteiger partial charge is 0.391 e. The second-order valence-electron chi connectivity index (χ2n) is 3.89. The predicted octanol–water partition coefficient (Wildman–Crippen LogP) is 2.38. The van der Waals surface area contributed by atoms with Crippen LogP contribution in [-0.4, -0.2) is 16.9 Å². The zero-order chi connectivity index (χ0) is 10.8. The molecule has 80 valence electrons. The zero-order valence-corrected chi connectivity index (χ0v) is 7.64. The summed E-state index contributed by atoms with van der Waals surface area (Å²) in [5.74, 6) is -1.45. The highest BCUT2D eigenvalue weighted by Crippen LogP contribution is 2.42. The normalized spacial score (nSPS) is 33.8. The maximum atomic E-state index is 12.3. The predicted molar refractivity (Wildman–Crippen MR) is 43.2 cm³/mol. The third kappa shape index (κ3) is 2.61. The monoisotopic (exact) mass is 207 g/mol. The van der Waals surface area contributed by atoms with E-state index in [4.69, 9.17) is 5.26 Å². The van der Waals surface area contributed by atoms with E-state index in [9.17, 15) is 18.3 Å². The lowest BCUT2D eigenvalue weighted by atomic mass is 9.76. The Hall–Kier alpha value is -0.760. The maximum Gasteiger partial charge on any atom is 0.391 e. The Morgan fingerprint density at radius 1 is 1.50 bits per heavy atom. The fourth-order valence-corrected chi connectivity index (χ4v) is 1.93. The lowest BCUT2D eigenvalue weighted by molar-refractivity contribution is -0.199. The first kappa shape index (κ1) is 11.3. The molecule has 0 bridgehead atoms. The Labute approximate surface area is 80.3 Å². The van der Waals surface area contributed by atoms with Crippen LogP contribution in [0.2, 0.25) is 0 Å². The van der Waals surface area contributed by atoms with Gasteiger partial charge in [0.1, 0.15) is 0 Å². The minimum atomic E-state index is -4.25. The average Bonchev–Trinajstić information content (AvgIpc) is 2.02. The molecule has 1 rings (SSSR count). The van der Waals surface area contributed by atoms with E-state index < -0.39 is 17.7 Å². The molecular weight excluding hydrogens is 195 g/mol. The van der Waals surface area contributed by atoms with E-state index in [1.54, 1.807) is 6.07 Å². The molecule has 14 heavy (non-hydrogen) atoms. The van der Waals surface area contributed by atoms with Crippen molar-refractivity contribution in [3.8, 4) is 6.07 Å². The highest BCUT2D eigenvalue weighted by molar-refractivity contribution is 4.94. The molecule has 2 atom stereocenters. The van der Waals surface area contributed by atoms with Crippen LogP contribution in [0.5, 0.6) is 0 Å². The molecule has 5 heteroatoms. The molecule has 1 saturated carbocycles. The van der Waals surface area contributed by atoms with E-state index in [0.29, 0.717) is 12.8 Å². The molecular formula is C9H12F3NO. The second-order valence-corrected chi connectivity index (χ2v) is 3.89.